The highest BCUT2D eigenvalue weighted by molar-refractivity contribution is 6.01. The number of carbonyl (C=O) groups excluding carboxylic acids is 1. The molecule has 6 rings (SSSR count). The lowest BCUT2D eigenvalue weighted by molar-refractivity contribution is -0.119. The molecule has 1 amide bonds. The standard InChI is InChI=1S/C26H35N3O2/c1-17-6-22(18(2)29(17)15-24-4-3-5-31-24)10-23(14-27)25(30)28-16-26-11-19-7-20(12-26)9-21(8-19)13-26/h6,10,19-21,24H,3-5,7-9,11-13,15-16H2,1-2H3,(H,28,30)/b23-10+/t19?,20?,21?,24-,26?/m0/s1. The van der Waals surface area contributed by atoms with E-state index in [9.17, 15) is 10.1 Å². The summed E-state index contributed by atoms with van der Waals surface area (Å²) < 4.78 is 8.05. The van der Waals surface area contributed by atoms with Gasteiger partial charge in [0.25, 0.3) is 5.91 Å². The summed E-state index contributed by atoms with van der Waals surface area (Å²) in [6.07, 6.45) is 12.2. The maximum atomic E-state index is 12.9. The Morgan fingerprint density at radius 3 is 2.52 bits per heavy atom. The van der Waals surface area contributed by atoms with E-state index in [1.807, 2.05) is 0 Å². The van der Waals surface area contributed by atoms with E-state index in [1.54, 1.807) is 6.08 Å². The molecule has 166 valence electrons. The normalized spacial score (nSPS) is 34.2. The first-order valence-corrected chi connectivity index (χ1v) is 12.1. The summed E-state index contributed by atoms with van der Waals surface area (Å²) in [5, 5.41) is 12.9. The number of nitrogens with zero attached hydrogens (tertiary/aromatic N) is 2. The van der Waals surface area contributed by atoms with Crippen LogP contribution in [-0.4, -0.2) is 29.7 Å². The number of hydrogen-bond donors (Lipinski definition) is 1. The quantitative estimate of drug-likeness (QED) is 0.542. The van der Waals surface area contributed by atoms with Gasteiger partial charge in [-0.2, -0.15) is 5.26 Å². The molecule has 31 heavy (non-hydrogen) atoms. The molecular weight excluding hydrogens is 386 g/mol. The van der Waals surface area contributed by atoms with Gasteiger partial charge in [-0.1, -0.05) is 0 Å². The van der Waals surface area contributed by atoms with Crippen LogP contribution in [0.3, 0.4) is 0 Å². The smallest absolute Gasteiger partial charge is 0.261 e. The zero-order valence-electron chi connectivity index (χ0n) is 19.0. The van der Waals surface area contributed by atoms with Gasteiger partial charge in [0.1, 0.15) is 11.6 Å². The van der Waals surface area contributed by atoms with E-state index in [-0.39, 0.29) is 23.0 Å². The summed E-state index contributed by atoms with van der Waals surface area (Å²) in [5.74, 6) is 2.37. The highest BCUT2D eigenvalue weighted by Crippen LogP contribution is 2.59. The molecule has 2 heterocycles. The molecule has 1 aromatic heterocycles. The SMILES string of the molecule is Cc1cc(/C=C(\C#N)C(=O)NCC23CC4CC(CC(C4)C2)C3)c(C)n1C[C@@H]1CCCO1. The topological polar surface area (TPSA) is 67.0 Å². The molecule has 1 aliphatic heterocycles. The Hall–Kier alpha value is -2.06. The second-order valence-electron chi connectivity index (χ2n) is 10.8. The van der Waals surface area contributed by atoms with Gasteiger partial charge in [0.2, 0.25) is 0 Å². The Kier molecular flexibility index (Phi) is 5.46. The summed E-state index contributed by atoms with van der Waals surface area (Å²) in [6, 6.07) is 4.23. The van der Waals surface area contributed by atoms with Crippen molar-refractivity contribution in [2.75, 3.05) is 13.2 Å². The molecule has 4 bridgehead atoms. The van der Waals surface area contributed by atoms with E-state index in [2.05, 4.69) is 35.9 Å². The van der Waals surface area contributed by atoms with Gasteiger partial charge >= 0.3 is 0 Å². The molecule has 1 N–H and O–H groups in total. The van der Waals surface area contributed by atoms with Gasteiger partial charge < -0.3 is 14.6 Å². The van der Waals surface area contributed by atoms with Crippen molar-refractivity contribution in [2.45, 2.75) is 77.9 Å². The van der Waals surface area contributed by atoms with Gasteiger partial charge in [-0.05, 0) is 106 Å². The minimum Gasteiger partial charge on any atom is -0.376 e. The first-order chi connectivity index (χ1) is 14.9. The van der Waals surface area contributed by atoms with Crippen molar-refractivity contribution >= 4 is 12.0 Å². The molecule has 4 aliphatic carbocycles. The van der Waals surface area contributed by atoms with E-state index in [4.69, 9.17) is 4.74 Å². The number of aryl methyl sites for hydroxylation is 1. The molecule has 0 aromatic carbocycles. The van der Waals surface area contributed by atoms with Crippen LogP contribution in [0.4, 0.5) is 0 Å². The first-order valence-electron chi connectivity index (χ1n) is 12.1. The number of carbonyl (C=O) groups is 1. The summed E-state index contributed by atoms with van der Waals surface area (Å²) in [7, 11) is 0. The Balaban J connectivity index is 1.27. The summed E-state index contributed by atoms with van der Waals surface area (Å²) in [6.45, 7) is 6.56. The molecule has 1 atom stereocenters. The predicted molar refractivity (Wildman–Crippen MR) is 120 cm³/mol. The maximum Gasteiger partial charge on any atom is 0.261 e. The predicted octanol–water partition coefficient (Wildman–Crippen LogP) is 4.52. The third-order valence-corrected chi connectivity index (χ3v) is 8.48. The minimum atomic E-state index is -0.220. The minimum absolute atomic E-state index is 0.210. The van der Waals surface area contributed by atoms with Crippen LogP contribution in [0.2, 0.25) is 0 Å². The van der Waals surface area contributed by atoms with Crippen LogP contribution in [0.5, 0.6) is 0 Å². The van der Waals surface area contributed by atoms with Crippen LogP contribution in [-0.2, 0) is 16.1 Å². The fourth-order valence-corrected chi connectivity index (χ4v) is 7.42. The number of nitrogens with one attached hydrogen (secondary N) is 1. The number of aromatic nitrogens is 1. The lowest BCUT2D eigenvalue weighted by atomic mass is 9.49. The number of hydrogen-bond acceptors (Lipinski definition) is 3. The van der Waals surface area contributed by atoms with Crippen molar-refractivity contribution in [3.8, 4) is 6.07 Å². The molecular formula is C26H35N3O2. The molecule has 1 saturated heterocycles. The van der Waals surface area contributed by atoms with E-state index >= 15 is 0 Å². The van der Waals surface area contributed by atoms with Crippen molar-refractivity contribution in [3.05, 3.63) is 28.6 Å². The van der Waals surface area contributed by atoms with E-state index in [1.165, 1.54) is 38.5 Å². The van der Waals surface area contributed by atoms with Crippen molar-refractivity contribution in [3.63, 3.8) is 0 Å². The zero-order chi connectivity index (χ0) is 21.6. The third kappa shape index (κ3) is 4.07. The average molecular weight is 422 g/mol. The molecule has 0 radical (unpaired) electrons. The van der Waals surface area contributed by atoms with Crippen LogP contribution in [0.15, 0.2) is 11.6 Å². The Bertz CT molecular complexity index is 894. The highest BCUT2D eigenvalue weighted by atomic mass is 16.5. The Morgan fingerprint density at radius 1 is 1.26 bits per heavy atom. The summed E-state index contributed by atoms with van der Waals surface area (Å²) in [4.78, 5) is 12.9. The Morgan fingerprint density at radius 2 is 1.94 bits per heavy atom. The number of nitriles is 1. The first kappa shape index (κ1) is 20.8. The fourth-order valence-electron chi connectivity index (χ4n) is 7.42. The van der Waals surface area contributed by atoms with Crippen LogP contribution in [0.25, 0.3) is 6.08 Å². The van der Waals surface area contributed by atoms with Crippen LogP contribution in [0, 0.1) is 48.3 Å². The van der Waals surface area contributed by atoms with Crippen LogP contribution in [0.1, 0.15) is 68.3 Å². The van der Waals surface area contributed by atoms with E-state index in [0.717, 1.165) is 67.2 Å². The maximum absolute atomic E-state index is 12.9. The average Bonchev–Trinajstić information content (AvgIpc) is 3.33. The summed E-state index contributed by atoms with van der Waals surface area (Å²) in [5.41, 5.74) is 3.68. The molecule has 5 fully saturated rings. The fraction of sp³-hybridized carbons (Fsp3) is 0.692. The van der Waals surface area contributed by atoms with E-state index in [0.29, 0.717) is 0 Å². The molecule has 1 aromatic rings. The molecule has 5 nitrogen and oxygen atoms in total. The second-order valence-corrected chi connectivity index (χ2v) is 10.8. The largest absolute Gasteiger partial charge is 0.376 e. The van der Waals surface area contributed by atoms with Crippen molar-refractivity contribution < 1.29 is 9.53 Å². The monoisotopic (exact) mass is 421 g/mol. The molecule has 5 heteroatoms. The molecule has 0 spiro atoms. The van der Waals surface area contributed by atoms with Gasteiger partial charge in [0.05, 0.1) is 6.10 Å². The second kappa shape index (κ2) is 8.13. The number of rotatable bonds is 6. The lowest BCUT2D eigenvalue weighted by Crippen LogP contribution is -2.51. The van der Waals surface area contributed by atoms with Gasteiger partial charge in [0.15, 0.2) is 0 Å². The van der Waals surface area contributed by atoms with Gasteiger partial charge in [0, 0.05) is 31.1 Å². The van der Waals surface area contributed by atoms with Gasteiger partial charge in [-0.25, -0.2) is 0 Å². The lowest BCUT2D eigenvalue weighted by Gasteiger charge is -2.56. The molecule has 0 unspecified atom stereocenters. The van der Waals surface area contributed by atoms with Crippen molar-refractivity contribution in [1.82, 2.24) is 9.88 Å². The summed E-state index contributed by atoms with van der Waals surface area (Å²) >= 11 is 0. The van der Waals surface area contributed by atoms with Crippen LogP contribution >= 0.6 is 0 Å². The third-order valence-electron chi connectivity index (χ3n) is 8.48. The zero-order valence-corrected chi connectivity index (χ0v) is 19.0. The van der Waals surface area contributed by atoms with Crippen LogP contribution < -0.4 is 5.32 Å². The highest BCUT2D eigenvalue weighted by Gasteiger charge is 2.50. The van der Waals surface area contributed by atoms with Gasteiger partial charge in [-0.15, -0.1) is 0 Å². The molecule has 5 aliphatic rings. The van der Waals surface area contributed by atoms with Crippen molar-refractivity contribution in [1.29, 1.82) is 5.26 Å². The number of ether oxygens (including phenoxy) is 1. The van der Waals surface area contributed by atoms with E-state index < -0.39 is 0 Å². The number of amides is 1. The van der Waals surface area contributed by atoms with Crippen molar-refractivity contribution in [2.24, 2.45) is 23.2 Å². The van der Waals surface area contributed by atoms with Gasteiger partial charge in [-0.3, -0.25) is 4.79 Å². The Labute approximate surface area is 185 Å². The molecule has 4 saturated carbocycles.